The summed E-state index contributed by atoms with van der Waals surface area (Å²) in [5, 5.41) is 6.56. The highest BCUT2D eigenvalue weighted by atomic mass is 19.1. The average Bonchev–Trinajstić information content (AvgIpc) is 2.46. The Hall–Kier alpha value is -1.59. The minimum Gasteiger partial charge on any atom is -0.396 e. The summed E-state index contributed by atoms with van der Waals surface area (Å²) >= 11 is 0. The van der Waals surface area contributed by atoms with Gasteiger partial charge in [0.25, 0.3) is 5.91 Å². The second-order valence-electron chi connectivity index (χ2n) is 3.51. The number of rotatable bonds is 4. The number of anilines is 1. The molecule has 0 fully saturated rings. The molecular formula is C9H15FN4O. The number of hydrogen-bond donors (Lipinski definition) is 2. The van der Waals surface area contributed by atoms with Gasteiger partial charge in [-0.2, -0.15) is 5.10 Å². The number of aromatic nitrogens is 2. The number of nitrogens with two attached hydrogens (primary N) is 1. The van der Waals surface area contributed by atoms with Crippen LogP contribution in [0, 0.1) is 0 Å². The average molecular weight is 214 g/mol. The zero-order chi connectivity index (χ0) is 11.4. The minimum atomic E-state index is -0.535. The van der Waals surface area contributed by atoms with Gasteiger partial charge < -0.3 is 11.1 Å². The van der Waals surface area contributed by atoms with E-state index in [-0.39, 0.29) is 29.9 Å². The number of carbonyl (C=O) groups excluding carboxylic acids is 1. The van der Waals surface area contributed by atoms with Gasteiger partial charge in [0.05, 0.1) is 12.2 Å². The van der Waals surface area contributed by atoms with Gasteiger partial charge >= 0.3 is 0 Å². The van der Waals surface area contributed by atoms with Gasteiger partial charge in [0, 0.05) is 12.2 Å². The minimum absolute atomic E-state index is 0.0169. The molecular weight excluding hydrogens is 199 g/mol. The van der Waals surface area contributed by atoms with Crippen LogP contribution in [0.4, 0.5) is 10.1 Å². The lowest BCUT2D eigenvalue weighted by molar-refractivity contribution is 0.0938. The Labute approximate surface area is 87.4 Å². The van der Waals surface area contributed by atoms with Crippen LogP contribution in [0.3, 0.4) is 0 Å². The topological polar surface area (TPSA) is 72.9 Å². The number of nitrogens with zero attached hydrogens (tertiary/aromatic N) is 2. The maximum atomic E-state index is 12.0. The molecule has 0 radical (unpaired) electrons. The van der Waals surface area contributed by atoms with E-state index in [0.29, 0.717) is 0 Å². The van der Waals surface area contributed by atoms with Crippen molar-refractivity contribution in [1.82, 2.24) is 15.1 Å². The summed E-state index contributed by atoms with van der Waals surface area (Å²) in [6.45, 7) is 3.25. The molecule has 0 aliphatic rings. The Kier molecular flexibility index (Phi) is 3.65. The lowest BCUT2D eigenvalue weighted by Gasteiger charge is -2.06. The monoisotopic (exact) mass is 214 g/mol. The van der Waals surface area contributed by atoms with Crippen LogP contribution in [0.1, 0.15) is 24.3 Å². The summed E-state index contributed by atoms with van der Waals surface area (Å²) in [6.07, 6.45) is 1.45. The largest absolute Gasteiger partial charge is 0.396 e. The highest BCUT2D eigenvalue weighted by Gasteiger charge is 2.15. The van der Waals surface area contributed by atoms with Crippen molar-refractivity contribution in [3.05, 3.63) is 11.9 Å². The van der Waals surface area contributed by atoms with Gasteiger partial charge in [-0.15, -0.1) is 0 Å². The zero-order valence-corrected chi connectivity index (χ0v) is 8.83. The van der Waals surface area contributed by atoms with Gasteiger partial charge in [0.15, 0.2) is 5.69 Å². The Morgan fingerprint density at radius 2 is 2.40 bits per heavy atom. The summed E-state index contributed by atoms with van der Waals surface area (Å²) in [6, 6.07) is 0.0169. The number of alkyl halides is 1. The highest BCUT2D eigenvalue weighted by Crippen LogP contribution is 2.08. The van der Waals surface area contributed by atoms with E-state index in [1.54, 1.807) is 0 Å². The number of carbonyl (C=O) groups is 1. The third-order valence-electron chi connectivity index (χ3n) is 1.74. The van der Waals surface area contributed by atoms with Crippen molar-refractivity contribution in [3.8, 4) is 0 Å². The first-order chi connectivity index (χ1) is 7.04. The van der Waals surface area contributed by atoms with Crippen LogP contribution in [0.2, 0.25) is 0 Å². The van der Waals surface area contributed by atoms with Crippen molar-refractivity contribution >= 4 is 11.6 Å². The van der Waals surface area contributed by atoms with Crippen molar-refractivity contribution in [3.63, 3.8) is 0 Å². The van der Waals surface area contributed by atoms with Crippen molar-refractivity contribution in [2.24, 2.45) is 0 Å². The van der Waals surface area contributed by atoms with Gasteiger partial charge in [-0.3, -0.25) is 9.48 Å². The van der Waals surface area contributed by atoms with E-state index in [2.05, 4.69) is 10.4 Å². The number of nitrogens with one attached hydrogen (secondary N) is 1. The molecule has 0 aromatic carbocycles. The molecule has 6 heteroatoms. The molecule has 0 unspecified atom stereocenters. The van der Waals surface area contributed by atoms with Crippen LogP contribution < -0.4 is 11.1 Å². The van der Waals surface area contributed by atoms with E-state index >= 15 is 0 Å². The molecule has 0 aliphatic carbocycles. The van der Waals surface area contributed by atoms with Crippen LogP contribution in [-0.2, 0) is 6.54 Å². The Bertz CT molecular complexity index is 348. The van der Waals surface area contributed by atoms with E-state index in [1.165, 1.54) is 10.9 Å². The predicted molar refractivity (Wildman–Crippen MR) is 55.2 cm³/mol. The number of halogens is 1. The van der Waals surface area contributed by atoms with Crippen molar-refractivity contribution in [2.45, 2.75) is 26.4 Å². The summed E-state index contributed by atoms with van der Waals surface area (Å²) in [5.74, 6) is -0.333. The van der Waals surface area contributed by atoms with Gasteiger partial charge in [-0.05, 0) is 13.8 Å². The Balaban J connectivity index is 2.80. The van der Waals surface area contributed by atoms with Gasteiger partial charge in [-0.25, -0.2) is 4.39 Å². The third kappa shape index (κ3) is 2.93. The normalized spacial score (nSPS) is 10.7. The summed E-state index contributed by atoms with van der Waals surface area (Å²) in [4.78, 5) is 11.5. The van der Waals surface area contributed by atoms with Crippen LogP contribution in [0.15, 0.2) is 6.20 Å². The molecule has 1 aromatic rings. The first kappa shape index (κ1) is 11.5. The van der Waals surface area contributed by atoms with Gasteiger partial charge in [0.1, 0.15) is 6.67 Å². The fourth-order valence-corrected chi connectivity index (χ4v) is 1.14. The van der Waals surface area contributed by atoms with Crippen molar-refractivity contribution < 1.29 is 9.18 Å². The fraction of sp³-hybridized carbons (Fsp3) is 0.556. The standard InChI is InChI=1S/C9H15FN4O/c1-6(2)12-9(15)8-7(11)5-14(13-8)4-3-10/h5-6H,3-4,11H2,1-2H3,(H,12,15). The number of aryl methyl sites for hydroxylation is 1. The zero-order valence-electron chi connectivity index (χ0n) is 8.83. The van der Waals surface area contributed by atoms with E-state index < -0.39 is 6.67 Å². The van der Waals surface area contributed by atoms with Crippen LogP contribution >= 0.6 is 0 Å². The lowest BCUT2D eigenvalue weighted by Crippen LogP contribution is -2.31. The van der Waals surface area contributed by atoms with E-state index in [4.69, 9.17) is 5.73 Å². The Morgan fingerprint density at radius 3 is 2.93 bits per heavy atom. The molecule has 0 spiro atoms. The molecule has 1 heterocycles. The summed E-state index contributed by atoms with van der Waals surface area (Å²) in [7, 11) is 0. The van der Waals surface area contributed by atoms with E-state index in [0.717, 1.165) is 0 Å². The van der Waals surface area contributed by atoms with E-state index in [1.807, 2.05) is 13.8 Å². The van der Waals surface area contributed by atoms with Crippen LogP contribution in [-0.4, -0.2) is 28.4 Å². The molecule has 1 rings (SSSR count). The molecule has 0 aliphatic heterocycles. The number of hydrogen-bond acceptors (Lipinski definition) is 3. The van der Waals surface area contributed by atoms with Gasteiger partial charge in [-0.1, -0.05) is 0 Å². The predicted octanol–water partition coefficient (Wildman–Crippen LogP) is 0.573. The molecule has 3 N–H and O–H groups in total. The first-order valence-corrected chi connectivity index (χ1v) is 4.74. The third-order valence-corrected chi connectivity index (χ3v) is 1.74. The van der Waals surface area contributed by atoms with E-state index in [9.17, 15) is 9.18 Å². The van der Waals surface area contributed by atoms with Gasteiger partial charge in [0.2, 0.25) is 0 Å². The van der Waals surface area contributed by atoms with Crippen LogP contribution in [0.5, 0.6) is 0 Å². The number of nitrogen functional groups attached to an aromatic ring is 1. The Morgan fingerprint density at radius 1 is 1.73 bits per heavy atom. The molecule has 0 saturated carbocycles. The summed E-state index contributed by atoms with van der Waals surface area (Å²) in [5.41, 5.74) is 6.00. The second-order valence-corrected chi connectivity index (χ2v) is 3.51. The highest BCUT2D eigenvalue weighted by molar-refractivity contribution is 5.97. The molecule has 15 heavy (non-hydrogen) atoms. The molecule has 0 saturated heterocycles. The van der Waals surface area contributed by atoms with Crippen LogP contribution in [0.25, 0.3) is 0 Å². The molecule has 1 aromatic heterocycles. The maximum Gasteiger partial charge on any atom is 0.274 e. The van der Waals surface area contributed by atoms with Crippen molar-refractivity contribution in [1.29, 1.82) is 0 Å². The first-order valence-electron chi connectivity index (χ1n) is 4.74. The second kappa shape index (κ2) is 4.77. The molecule has 5 nitrogen and oxygen atoms in total. The lowest BCUT2D eigenvalue weighted by atomic mass is 10.3. The SMILES string of the molecule is CC(C)NC(=O)c1nn(CCF)cc1N. The summed E-state index contributed by atoms with van der Waals surface area (Å²) < 4.78 is 13.4. The van der Waals surface area contributed by atoms with Crippen molar-refractivity contribution in [2.75, 3.05) is 12.4 Å². The molecule has 1 amide bonds. The smallest absolute Gasteiger partial charge is 0.274 e. The quantitative estimate of drug-likeness (QED) is 0.769. The number of amides is 1. The molecule has 84 valence electrons. The molecule has 0 bridgehead atoms. The fourth-order valence-electron chi connectivity index (χ4n) is 1.14. The maximum absolute atomic E-state index is 12.0. The molecule has 0 atom stereocenters.